The Morgan fingerprint density at radius 2 is 1.58 bits per heavy atom. The average Bonchev–Trinajstić information content (AvgIpc) is 3.24. The highest BCUT2D eigenvalue weighted by Crippen LogP contribution is 2.31. The Kier molecular flexibility index (Phi) is 8.53. The standard InChI is InChI=1S/C29H38N6O3/c36-27(22-6-2-1-3-7-22)32-25-20-23(28(37)35-16-12-30-13-17-35)9-10-26(25)33-14-5-15-34(19-18-33)29(38)24-8-4-11-31-21-24/h4,8-11,20-22,30H,1-3,5-7,12-19H2,(H,32,36). The van der Waals surface area contributed by atoms with E-state index in [-0.39, 0.29) is 23.6 Å². The van der Waals surface area contributed by atoms with Crippen molar-refractivity contribution in [2.75, 3.05) is 62.6 Å². The second-order valence-corrected chi connectivity index (χ2v) is 10.5. The molecule has 1 aliphatic carbocycles. The van der Waals surface area contributed by atoms with Gasteiger partial charge in [-0.05, 0) is 49.6 Å². The maximum Gasteiger partial charge on any atom is 0.255 e. The van der Waals surface area contributed by atoms with Gasteiger partial charge < -0.3 is 25.3 Å². The van der Waals surface area contributed by atoms with Crippen LogP contribution in [0.15, 0.2) is 42.7 Å². The quantitative estimate of drug-likeness (QED) is 0.632. The third-order valence-corrected chi connectivity index (χ3v) is 7.91. The molecule has 3 aliphatic rings. The van der Waals surface area contributed by atoms with Gasteiger partial charge in [0.05, 0.1) is 16.9 Å². The number of nitrogens with one attached hydrogen (secondary N) is 2. The van der Waals surface area contributed by atoms with Gasteiger partial charge in [0.1, 0.15) is 0 Å². The van der Waals surface area contributed by atoms with Crippen molar-refractivity contribution in [1.82, 2.24) is 20.1 Å². The summed E-state index contributed by atoms with van der Waals surface area (Å²) >= 11 is 0. The molecule has 1 aromatic heterocycles. The molecular formula is C29H38N6O3. The molecule has 38 heavy (non-hydrogen) atoms. The van der Waals surface area contributed by atoms with Crippen LogP contribution < -0.4 is 15.5 Å². The van der Waals surface area contributed by atoms with E-state index >= 15 is 0 Å². The minimum absolute atomic E-state index is 0.00433. The first-order chi connectivity index (χ1) is 18.6. The molecule has 2 aliphatic heterocycles. The Hall–Kier alpha value is -3.46. The number of amides is 3. The SMILES string of the molecule is O=C(Nc1cc(C(=O)N2CCNCC2)ccc1N1CCCN(C(=O)c2cccnc2)CC1)C1CCCCC1. The second-order valence-electron chi connectivity index (χ2n) is 10.5. The highest BCUT2D eigenvalue weighted by atomic mass is 16.2. The minimum atomic E-state index is -0.0114. The largest absolute Gasteiger partial charge is 0.368 e. The second kappa shape index (κ2) is 12.4. The molecule has 2 N–H and O–H groups in total. The minimum Gasteiger partial charge on any atom is -0.368 e. The first kappa shape index (κ1) is 26.2. The van der Waals surface area contributed by atoms with E-state index in [2.05, 4.69) is 20.5 Å². The molecule has 3 fully saturated rings. The molecule has 3 amide bonds. The predicted octanol–water partition coefficient (Wildman–Crippen LogP) is 3.00. The van der Waals surface area contributed by atoms with Crippen molar-refractivity contribution in [3.05, 3.63) is 53.9 Å². The highest BCUT2D eigenvalue weighted by Gasteiger charge is 2.26. The van der Waals surface area contributed by atoms with Gasteiger partial charge in [-0.2, -0.15) is 0 Å². The maximum absolute atomic E-state index is 13.3. The molecule has 0 unspecified atom stereocenters. The van der Waals surface area contributed by atoms with Crippen LogP contribution in [0.4, 0.5) is 11.4 Å². The summed E-state index contributed by atoms with van der Waals surface area (Å²) in [7, 11) is 0. The van der Waals surface area contributed by atoms with Crippen LogP contribution in [0.3, 0.4) is 0 Å². The molecule has 9 nitrogen and oxygen atoms in total. The lowest BCUT2D eigenvalue weighted by Gasteiger charge is -2.29. The lowest BCUT2D eigenvalue weighted by atomic mass is 9.88. The summed E-state index contributed by atoms with van der Waals surface area (Å²) in [4.78, 5) is 49.6. The maximum atomic E-state index is 13.3. The van der Waals surface area contributed by atoms with Gasteiger partial charge in [-0.3, -0.25) is 19.4 Å². The molecule has 0 atom stereocenters. The van der Waals surface area contributed by atoms with Crippen LogP contribution in [-0.2, 0) is 4.79 Å². The van der Waals surface area contributed by atoms with Gasteiger partial charge in [0, 0.05) is 76.2 Å². The predicted molar refractivity (Wildman–Crippen MR) is 147 cm³/mol. The van der Waals surface area contributed by atoms with Crippen molar-refractivity contribution in [3.63, 3.8) is 0 Å². The van der Waals surface area contributed by atoms with E-state index in [9.17, 15) is 14.4 Å². The number of anilines is 2. The number of piperazine rings is 1. The van der Waals surface area contributed by atoms with Crippen LogP contribution in [0.5, 0.6) is 0 Å². The van der Waals surface area contributed by atoms with E-state index < -0.39 is 0 Å². The van der Waals surface area contributed by atoms with Crippen LogP contribution in [0, 0.1) is 5.92 Å². The van der Waals surface area contributed by atoms with Crippen LogP contribution in [0.1, 0.15) is 59.2 Å². The molecular weight excluding hydrogens is 480 g/mol. The van der Waals surface area contributed by atoms with Crippen molar-refractivity contribution in [2.45, 2.75) is 38.5 Å². The molecule has 9 heteroatoms. The summed E-state index contributed by atoms with van der Waals surface area (Å²) in [5, 5.41) is 6.49. The number of hydrogen-bond donors (Lipinski definition) is 2. The zero-order valence-corrected chi connectivity index (χ0v) is 22.0. The van der Waals surface area contributed by atoms with Gasteiger partial charge in [-0.25, -0.2) is 0 Å². The van der Waals surface area contributed by atoms with E-state index in [1.807, 2.05) is 28.0 Å². The summed E-state index contributed by atoms with van der Waals surface area (Å²) < 4.78 is 0. The fraction of sp³-hybridized carbons (Fsp3) is 0.517. The third kappa shape index (κ3) is 6.15. The van der Waals surface area contributed by atoms with Gasteiger partial charge in [-0.1, -0.05) is 19.3 Å². The van der Waals surface area contributed by atoms with Crippen LogP contribution in [0.2, 0.25) is 0 Å². The Balaban J connectivity index is 1.36. The molecule has 2 aromatic rings. The Bertz CT molecular complexity index is 1130. The Labute approximate surface area is 224 Å². The third-order valence-electron chi connectivity index (χ3n) is 7.91. The normalized spacial score (nSPS) is 19.1. The number of carbonyl (C=O) groups excluding carboxylic acids is 3. The number of nitrogens with zero attached hydrogens (tertiary/aromatic N) is 4. The molecule has 5 rings (SSSR count). The first-order valence-electron chi connectivity index (χ1n) is 14.0. The zero-order chi connectivity index (χ0) is 26.3. The van der Waals surface area contributed by atoms with E-state index in [0.29, 0.717) is 49.5 Å². The number of carbonyl (C=O) groups is 3. The van der Waals surface area contributed by atoms with Crippen LogP contribution in [-0.4, -0.2) is 84.9 Å². The van der Waals surface area contributed by atoms with Crippen molar-refractivity contribution in [1.29, 1.82) is 0 Å². The summed E-state index contributed by atoms with van der Waals surface area (Å²) in [5.74, 6) is 0.0415. The highest BCUT2D eigenvalue weighted by molar-refractivity contribution is 6.00. The molecule has 0 spiro atoms. The van der Waals surface area contributed by atoms with E-state index in [1.165, 1.54) is 6.42 Å². The smallest absolute Gasteiger partial charge is 0.255 e. The Morgan fingerprint density at radius 3 is 2.34 bits per heavy atom. The lowest BCUT2D eigenvalue weighted by molar-refractivity contribution is -0.120. The fourth-order valence-corrected chi connectivity index (χ4v) is 5.73. The van der Waals surface area contributed by atoms with E-state index in [4.69, 9.17) is 0 Å². The topological polar surface area (TPSA) is 97.9 Å². The summed E-state index contributed by atoms with van der Waals surface area (Å²) in [6, 6.07) is 9.26. The molecule has 0 radical (unpaired) electrons. The van der Waals surface area contributed by atoms with Crippen molar-refractivity contribution >= 4 is 29.1 Å². The van der Waals surface area contributed by atoms with Crippen LogP contribution in [0.25, 0.3) is 0 Å². The number of rotatable bonds is 5. The van der Waals surface area contributed by atoms with Crippen LogP contribution >= 0.6 is 0 Å². The zero-order valence-electron chi connectivity index (χ0n) is 22.0. The lowest BCUT2D eigenvalue weighted by Crippen LogP contribution is -2.46. The molecule has 3 heterocycles. The van der Waals surface area contributed by atoms with Gasteiger partial charge >= 0.3 is 0 Å². The average molecular weight is 519 g/mol. The Morgan fingerprint density at radius 1 is 0.816 bits per heavy atom. The number of hydrogen-bond acceptors (Lipinski definition) is 6. The summed E-state index contributed by atoms with van der Waals surface area (Å²) in [5.41, 5.74) is 2.78. The van der Waals surface area contributed by atoms with E-state index in [0.717, 1.165) is 57.4 Å². The van der Waals surface area contributed by atoms with Crippen molar-refractivity contribution in [3.8, 4) is 0 Å². The number of pyridine rings is 1. The summed E-state index contributed by atoms with van der Waals surface area (Å²) in [6.07, 6.45) is 9.26. The van der Waals surface area contributed by atoms with Gasteiger partial charge in [-0.15, -0.1) is 0 Å². The molecule has 1 saturated carbocycles. The molecule has 2 saturated heterocycles. The van der Waals surface area contributed by atoms with Gasteiger partial charge in [0.2, 0.25) is 5.91 Å². The number of benzene rings is 1. The van der Waals surface area contributed by atoms with Crippen molar-refractivity contribution < 1.29 is 14.4 Å². The molecule has 202 valence electrons. The fourth-order valence-electron chi connectivity index (χ4n) is 5.73. The van der Waals surface area contributed by atoms with Crippen molar-refractivity contribution in [2.24, 2.45) is 5.92 Å². The monoisotopic (exact) mass is 518 g/mol. The number of aromatic nitrogens is 1. The van der Waals surface area contributed by atoms with Gasteiger partial charge in [0.15, 0.2) is 0 Å². The molecule has 0 bridgehead atoms. The van der Waals surface area contributed by atoms with E-state index in [1.54, 1.807) is 24.5 Å². The van der Waals surface area contributed by atoms with Gasteiger partial charge in [0.25, 0.3) is 11.8 Å². The molecule has 1 aromatic carbocycles. The summed E-state index contributed by atoms with van der Waals surface area (Å²) in [6.45, 7) is 5.57. The first-order valence-corrected chi connectivity index (χ1v) is 14.0.